The van der Waals surface area contributed by atoms with Gasteiger partial charge in [-0.3, -0.25) is 14.4 Å². The first-order valence-electron chi connectivity index (χ1n) is 10.7. The highest BCUT2D eigenvalue weighted by Crippen LogP contribution is 2.36. The fourth-order valence-electron chi connectivity index (χ4n) is 4.78. The molecule has 1 saturated heterocycles. The number of carbonyl (C=O) groups is 2. The molecule has 1 fully saturated rings. The van der Waals surface area contributed by atoms with Crippen LogP contribution in [-0.2, 0) is 6.54 Å². The van der Waals surface area contributed by atoms with Crippen LogP contribution >= 0.6 is 0 Å². The number of hydrogen-bond donors (Lipinski definition) is 1. The maximum atomic E-state index is 13.2. The average Bonchev–Trinajstić information content (AvgIpc) is 2.81. The van der Waals surface area contributed by atoms with Crippen molar-refractivity contribution in [1.82, 2.24) is 9.47 Å². The Kier molecular flexibility index (Phi) is 5.28. The lowest BCUT2D eigenvalue weighted by molar-refractivity contribution is 0.0594. The lowest BCUT2D eigenvalue weighted by atomic mass is 9.83. The molecule has 168 valence electrons. The first-order valence-corrected chi connectivity index (χ1v) is 10.7. The van der Waals surface area contributed by atoms with Crippen LogP contribution in [0.5, 0.6) is 0 Å². The zero-order chi connectivity index (χ0) is 23.1. The molecule has 2 bridgehead atoms. The van der Waals surface area contributed by atoms with Crippen molar-refractivity contribution < 1.29 is 18.4 Å². The minimum Gasteiger partial charge on any atom is -0.338 e. The van der Waals surface area contributed by atoms with Crippen LogP contribution in [0.1, 0.15) is 38.7 Å². The first kappa shape index (κ1) is 21.1. The number of fused-ring (bicyclic) bond motifs is 4. The van der Waals surface area contributed by atoms with Gasteiger partial charge in [0.25, 0.3) is 17.4 Å². The van der Waals surface area contributed by atoms with Gasteiger partial charge in [0, 0.05) is 42.4 Å². The summed E-state index contributed by atoms with van der Waals surface area (Å²) in [6.45, 7) is 1.41. The number of benzene rings is 2. The van der Waals surface area contributed by atoms with E-state index in [1.54, 1.807) is 15.5 Å². The Morgan fingerprint density at radius 3 is 2.12 bits per heavy atom. The quantitative estimate of drug-likeness (QED) is 0.664. The lowest BCUT2D eigenvalue weighted by Crippen LogP contribution is -2.49. The second-order valence-electron chi connectivity index (χ2n) is 8.56. The summed E-state index contributed by atoms with van der Waals surface area (Å²) in [5.74, 6) is -1.38. The van der Waals surface area contributed by atoms with Crippen molar-refractivity contribution in [1.29, 1.82) is 0 Å². The molecule has 5 rings (SSSR count). The second-order valence-corrected chi connectivity index (χ2v) is 8.56. The molecule has 3 heterocycles. The number of pyridine rings is 1. The van der Waals surface area contributed by atoms with Gasteiger partial charge in [0.1, 0.15) is 17.3 Å². The van der Waals surface area contributed by atoms with Gasteiger partial charge in [-0.1, -0.05) is 0 Å². The Morgan fingerprint density at radius 2 is 1.45 bits per heavy atom. The van der Waals surface area contributed by atoms with E-state index in [9.17, 15) is 23.2 Å². The smallest absolute Gasteiger partial charge is 0.274 e. The number of piperidine rings is 1. The van der Waals surface area contributed by atoms with E-state index < -0.39 is 17.5 Å². The van der Waals surface area contributed by atoms with Crippen molar-refractivity contribution in [3.63, 3.8) is 0 Å². The van der Waals surface area contributed by atoms with E-state index in [2.05, 4.69) is 5.32 Å². The molecular formula is C25H21F2N3O3. The highest BCUT2D eigenvalue weighted by molar-refractivity contribution is 6.04. The van der Waals surface area contributed by atoms with Gasteiger partial charge < -0.3 is 14.8 Å². The summed E-state index contributed by atoms with van der Waals surface area (Å²) in [5.41, 5.74) is 1.38. The molecule has 33 heavy (non-hydrogen) atoms. The van der Waals surface area contributed by atoms with Crippen molar-refractivity contribution in [3.8, 4) is 0 Å². The molecular weight excluding hydrogens is 428 g/mol. The zero-order valence-corrected chi connectivity index (χ0v) is 17.6. The summed E-state index contributed by atoms with van der Waals surface area (Å²) >= 11 is 0. The summed E-state index contributed by atoms with van der Waals surface area (Å²) in [5, 5.41) is 2.62. The Hall–Kier alpha value is -3.81. The zero-order valence-electron chi connectivity index (χ0n) is 17.6. The van der Waals surface area contributed by atoms with Crippen LogP contribution in [0, 0.1) is 17.6 Å². The molecule has 1 N–H and O–H groups in total. The molecule has 2 atom stereocenters. The van der Waals surface area contributed by atoms with Crippen LogP contribution in [-0.4, -0.2) is 34.4 Å². The van der Waals surface area contributed by atoms with Crippen LogP contribution < -0.4 is 10.9 Å². The van der Waals surface area contributed by atoms with Crippen molar-refractivity contribution in [2.75, 3.05) is 18.4 Å². The van der Waals surface area contributed by atoms with E-state index in [1.807, 2.05) is 6.07 Å². The Morgan fingerprint density at radius 1 is 0.818 bits per heavy atom. The average molecular weight is 449 g/mol. The summed E-state index contributed by atoms with van der Waals surface area (Å²) in [6.07, 6.45) is 0.869. The molecule has 0 spiro atoms. The van der Waals surface area contributed by atoms with Gasteiger partial charge in [0.15, 0.2) is 0 Å². The van der Waals surface area contributed by atoms with Gasteiger partial charge in [0.05, 0.1) is 0 Å². The Bertz CT molecular complexity index is 1290. The minimum atomic E-state index is -0.486. The monoisotopic (exact) mass is 449 g/mol. The number of halogens is 2. The van der Waals surface area contributed by atoms with Crippen molar-refractivity contribution in [2.45, 2.75) is 18.9 Å². The van der Waals surface area contributed by atoms with Gasteiger partial charge in [-0.15, -0.1) is 0 Å². The number of nitrogens with one attached hydrogen (secondary N) is 1. The number of amides is 2. The third kappa shape index (κ3) is 4.04. The summed E-state index contributed by atoms with van der Waals surface area (Å²) < 4.78 is 28.0. The Labute approximate surface area is 188 Å². The molecule has 2 aliphatic rings. The summed E-state index contributed by atoms with van der Waals surface area (Å²) in [4.78, 5) is 40.3. The molecule has 0 saturated carbocycles. The predicted octanol–water partition coefficient (Wildman–Crippen LogP) is 3.64. The summed E-state index contributed by atoms with van der Waals surface area (Å²) in [6, 6.07) is 14.0. The van der Waals surface area contributed by atoms with Gasteiger partial charge >= 0.3 is 0 Å². The number of nitrogens with zero attached hydrogens (tertiary/aromatic N) is 2. The highest BCUT2D eigenvalue weighted by Gasteiger charge is 2.37. The van der Waals surface area contributed by atoms with Crippen molar-refractivity contribution in [2.24, 2.45) is 5.92 Å². The minimum absolute atomic E-state index is 0.00329. The van der Waals surface area contributed by atoms with Crippen LogP contribution in [0.4, 0.5) is 14.5 Å². The molecule has 6 nitrogen and oxygen atoms in total. The number of likely N-dealkylation sites (tertiary alicyclic amines) is 1. The van der Waals surface area contributed by atoms with E-state index >= 15 is 0 Å². The standard InChI is InChI=1S/C25H21F2N3O3/c26-19-5-1-16(2-6-19)23(31)28-21-9-10-22-18-11-15(13-30(22)25(21)33)12-29(14-18)24(32)17-3-7-20(27)8-4-17/h1-10,15,18H,11-14H2,(H,28,31). The maximum absolute atomic E-state index is 13.2. The van der Waals surface area contributed by atoms with Crippen LogP contribution in [0.3, 0.4) is 0 Å². The SMILES string of the molecule is O=C(Nc1ccc2n(c1=O)CC1CC2CN(C(=O)c2ccc(F)cc2)C1)c1ccc(F)cc1. The predicted molar refractivity (Wildman–Crippen MR) is 118 cm³/mol. The van der Waals surface area contributed by atoms with E-state index in [0.717, 1.165) is 12.1 Å². The van der Waals surface area contributed by atoms with Gasteiger partial charge in [0.2, 0.25) is 0 Å². The highest BCUT2D eigenvalue weighted by atomic mass is 19.1. The molecule has 2 unspecified atom stereocenters. The number of anilines is 1. The van der Waals surface area contributed by atoms with Gasteiger partial charge in [-0.2, -0.15) is 0 Å². The molecule has 2 amide bonds. The molecule has 0 radical (unpaired) electrons. The number of carbonyl (C=O) groups excluding carboxylic acids is 2. The fourth-order valence-corrected chi connectivity index (χ4v) is 4.78. The first-order chi connectivity index (χ1) is 15.9. The van der Waals surface area contributed by atoms with Crippen LogP contribution in [0.2, 0.25) is 0 Å². The van der Waals surface area contributed by atoms with Crippen molar-refractivity contribution in [3.05, 3.63) is 99.5 Å². The number of rotatable bonds is 3. The second kappa shape index (κ2) is 8.27. The van der Waals surface area contributed by atoms with Gasteiger partial charge in [-0.25, -0.2) is 8.78 Å². The molecule has 3 aromatic rings. The fraction of sp³-hybridized carbons (Fsp3) is 0.240. The van der Waals surface area contributed by atoms with E-state index in [-0.39, 0.29) is 34.6 Å². The molecule has 0 aliphatic carbocycles. The topological polar surface area (TPSA) is 71.4 Å². The molecule has 8 heteroatoms. The van der Waals surface area contributed by atoms with Crippen LogP contribution in [0.15, 0.2) is 65.5 Å². The molecule has 2 aromatic carbocycles. The molecule has 1 aromatic heterocycles. The van der Waals surface area contributed by atoms with Gasteiger partial charge in [-0.05, 0) is 73.0 Å². The molecule has 2 aliphatic heterocycles. The number of hydrogen-bond acceptors (Lipinski definition) is 3. The normalized spacial score (nSPS) is 19.0. The Balaban J connectivity index is 1.36. The van der Waals surface area contributed by atoms with E-state index in [1.165, 1.54) is 48.5 Å². The third-order valence-corrected chi connectivity index (χ3v) is 6.34. The summed E-state index contributed by atoms with van der Waals surface area (Å²) in [7, 11) is 0. The third-order valence-electron chi connectivity index (χ3n) is 6.34. The lowest BCUT2D eigenvalue weighted by Gasteiger charge is -2.43. The van der Waals surface area contributed by atoms with E-state index in [4.69, 9.17) is 0 Å². The van der Waals surface area contributed by atoms with Crippen LogP contribution in [0.25, 0.3) is 0 Å². The largest absolute Gasteiger partial charge is 0.338 e. The number of aromatic nitrogens is 1. The maximum Gasteiger partial charge on any atom is 0.274 e. The van der Waals surface area contributed by atoms with Crippen molar-refractivity contribution >= 4 is 17.5 Å². The van der Waals surface area contributed by atoms with E-state index in [0.29, 0.717) is 25.2 Å².